The molecule has 12 heteroatoms. The smallest absolute Gasteiger partial charge is 0.377 e. The number of morpholine rings is 1. The Bertz CT molecular complexity index is 1140. The number of amides is 2. The number of nitrogens with one attached hydrogen (secondary N) is 1. The summed E-state index contributed by atoms with van der Waals surface area (Å²) < 4.78 is 47.6. The molecule has 1 fully saturated rings. The monoisotopic (exact) mass is 480 g/mol. The lowest BCUT2D eigenvalue weighted by Crippen LogP contribution is -2.53. The van der Waals surface area contributed by atoms with Gasteiger partial charge in [-0.3, -0.25) is 9.59 Å². The summed E-state index contributed by atoms with van der Waals surface area (Å²) in [6.07, 6.45) is -4.73. The molecule has 2 amide bonds. The molecule has 1 unspecified atom stereocenters. The fraction of sp³-hybridized carbons (Fsp3) is 0.333. The van der Waals surface area contributed by atoms with Gasteiger partial charge in [0.1, 0.15) is 0 Å². The maximum Gasteiger partial charge on any atom is 0.471 e. The molecule has 0 radical (unpaired) electrons. The maximum atomic E-state index is 12.9. The second kappa shape index (κ2) is 9.32. The van der Waals surface area contributed by atoms with Crippen LogP contribution in [0.15, 0.2) is 40.9 Å². The Hall–Kier alpha value is -3.25. The molecule has 1 aromatic carbocycles. The Morgan fingerprint density at radius 3 is 2.61 bits per heavy atom. The van der Waals surface area contributed by atoms with Crippen molar-refractivity contribution in [2.24, 2.45) is 0 Å². The number of thiophene rings is 1. The van der Waals surface area contributed by atoms with E-state index in [2.05, 4.69) is 20.0 Å². The van der Waals surface area contributed by atoms with Gasteiger partial charge < -0.3 is 19.5 Å². The highest BCUT2D eigenvalue weighted by Crippen LogP contribution is 2.29. The van der Waals surface area contributed by atoms with Crippen molar-refractivity contribution in [2.75, 3.05) is 26.3 Å². The lowest BCUT2D eigenvalue weighted by atomic mass is 10.1. The number of alkyl halides is 3. The number of aryl methyl sites for hydroxylation is 1. The zero-order chi connectivity index (χ0) is 23.6. The van der Waals surface area contributed by atoms with Crippen molar-refractivity contribution in [2.45, 2.75) is 19.1 Å². The van der Waals surface area contributed by atoms with Crippen molar-refractivity contribution < 1.29 is 32.0 Å². The van der Waals surface area contributed by atoms with Crippen LogP contribution in [0.5, 0.6) is 0 Å². The van der Waals surface area contributed by atoms with E-state index in [1.807, 2.05) is 13.0 Å². The predicted molar refractivity (Wildman–Crippen MR) is 112 cm³/mol. The van der Waals surface area contributed by atoms with Crippen LogP contribution in [0.1, 0.15) is 30.8 Å². The van der Waals surface area contributed by atoms with Gasteiger partial charge >= 0.3 is 12.1 Å². The highest BCUT2D eigenvalue weighted by Gasteiger charge is 2.38. The average Bonchev–Trinajstić information content (AvgIpc) is 3.47. The van der Waals surface area contributed by atoms with Gasteiger partial charge in [0.15, 0.2) is 0 Å². The molecule has 0 saturated carbocycles. The van der Waals surface area contributed by atoms with E-state index in [0.29, 0.717) is 30.2 Å². The van der Waals surface area contributed by atoms with Gasteiger partial charge in [0.05, 0.1) is 24.1 Å². The number of carbonyl (C=O) groups is 2. The first-order valence-corrected chi connectivity index (χ1v) is 10.8. The minimum Gasteiger partial charge on any atom is -0.377 e. The molecule has 1 atom stereocenters. The van der Waals surface area contributed by atoms with Crippen LogP contribution in [0.3, 0.4) is 0 Å². The number of benzene rings is 1. The second-order valence-corrected chi connectivity index (χ2v) is 8.63. The molecular formula is C21H19F3N4O4S. The van der Waals surface area contributed by atoms with Crippen LogP contribution in [0, 0.1) is 6.92 Å². The predicted octanol–water partition coefficient (Wildman–Crippen LogP) is 3.40. The molecule has 0 aliphatic carbocycles. The van der Waals surface area contributed by atoms with E-state index in [1.54, 1.807) is 11.0 Å². The normalized spacial score (nSPS) is 16.6. The first kappa shape index (κ1) is 22.9. The van der Waals surface area contributed by atoms with Crippen LogP contribution >= 0.6 is 11.3 Å². The van der Waals surface area contributed by atoms with Gasteiger partial charge in [-0.15, -0.1) is 11.3 Å². The fourth-order valence-corrected chi connectivity index (χ4v) is 4.15. The highest BCUT2D eigenvalue weighted by atomic mass is 32.1. The average molecular weight is 480 g/mol. The molecule has 0 spiro atoms. The molecule has 4 rings (SSSR count). The number of ether oxygens (including phenoxy) is 1. The Labute approximate surface area is 190 Å². The molecule has 0 bridgehead atoms. The Morgan fingerprint density at radius 1 is 1.21 bits per heavy atom. The van der Waals surface area contributed by atoms with Crippen molar-refractivity contribution in [3.05, 3.63) is 57.6 Å². The summed E-state index contributed by atoms with van der Waals surface area (Å²) in [5, 5.41) is 6.10. The Morgan fingerprint density at radius 2 is 1.97 bits per heavy atom. The number of rotatable bonds is 5. The third-order valence-corrected chi connectivity index (χ3v) is 6.00. The summed E-state index contributed by atoms with van der Waals surface area (Å²) in [6, 6.07) is 9.11. The van der Waals surface area contributed by atoms with Crippen LogP contribution in [-0.2, 0) is 10.9 Å². The van der Waals surface area contributed by atoms with Gasteiger partial charge in [-0.25, -0.2) is 0 Å². The van der Waals surface area contributed by atoms with Gasteiger partial charge in [-0.05, 0) is 31.2 Å². The van der Waals surface area contributed by atoms with Crippen LogP contribution in [0.2, 0.25) is 0 Å². The summed E-state index contributed by atoms with van der Waals surface area (Å²) in [7, 11) is 0. The van der Waals surface area contributed by atoms with Gasteiger partial charge in [0.25, 0.3) is 11.8 Å². The molecule has 1 saturated heterocycles. The van der Waals surface area contributed by atoms with Crippen molar-refractivity contribution in [1.29, 1.82) is 0 Å². The SMILES string of the molecule is Cc1ccc(C(=O)N2CCOCC2CNC(=O)c2ccc(-c3noc(C(F)(F)F)n3)cc2)s1. The largest absolute Gasteiger partial charge is 0.471 e. The van der Waals surface area contributed by atoms with Crippen LogP contribution in [0.25, 0.3) is 11.4 Å². The third-order valence-electron chi connectivity index (χ3n) is 5.01. The maximum absolute atomic E-state index is 12.9. The van der Waals surface area contributed by atoms with Crippen molar-refractivity contribution in [1.82, 2.24) is 20.4 Å². The number of hydrogen-bond donors (Lipinski definition) is 1. The zero-order valence-corrected chi connectivity index (χ0v) is 18.2. The molecule has 3 aromatic rings. The van der Waals surface area contributed by atoms with Gasteiger partial charge in [0, 0.05) is 29.1 Å². The molecule has 33 heavy (non-hydrogen) atoms. The quantitative estimate of drug-likeness (QED) is 0.601. The molecule has 8 nitrogen and oxygen atoms in total. The molecule has 174 valence electrons. The summed E-state index contributed by atoms with van der Waals surface area (Å²) in [5.41, 5.74) is 0.566. The lowest BCUT2D eigenvalue weighted by Gasteiger charge is -2.35. The Kier molecular flexibility index (Phi) is 6.47. The van der Waals surface area contributed by atoms with Crippen molar-refractivity contribution in [3.8, 4) is 11.4 Å². The molecule has 1 aliphatic rings. The summed E-state index contributed by atoms with van der Waals surface area (Å²) in [6.45, 7) is 3.27. The minimum atomic E-state index is -4.73. The number of hydrogen-bond acceptors (Lipinski definition) is 7. The summed E-state index contributed by atoms with van der Waals surface area (Å²) in [4.78, 5) is 32.1. The lowest BCUT2D eigenvalue weighted by molar-refractivity contribution is -0.159. The minimum absolute atomic E-state index is 0.0988. The van der Waals surface area contributed by atoms with E-state index in [4.69, 9.17) is 4.74 Å². The summed E-state index contributed by atoms with van der Waals surface area (Å²) >= 11 is 1.42. The molecule has 1 aliphatic heterocycles. The van der Waals surface area contributed by atoms with E-state index < -0.39 is 18.0 Å². The zero-order valence-electron chi connectivity index (χ0n) is 17.4. The van der Waals surface area contributed by atoms with Gasteiger partial charge in [-0.2, -0.15) is 18.2 Å². The van der Waals surface area contributed by atoms with Crippen LogP contribution in [0.4, 0.5) is 13.2 Å². The number of nitrogens with zero attached hydrogens (tertiary/aromatic N) is 3. The van der Waals surface area contributed by atoms with E-state index in [9.17, 15) is 22.8 Å². The number of aromatic nitrogens is 2. The molecule has 1 N–H and O–H groups in total. The topological polar surface area (TPSA) is 97.6 Å². The summed E-state index contributed by atoms with van der Waals surface area (Å²) in [5.74, 6) is -2.16. The van der Waals surface area contributed by atoms with Crippen LogP contribution in [-0.4, -0.2) is 59.2 Å². The van der Waals surface area contributed by atoms with Gasteiger partial charge in [-0.1, -0.05) is 17.3 Å². The van der Waals surface area contributed by atoms with E-state index in [1.165, 1.54) is 35.6 Å². The van der Waals surface area contributed by atoms with E-state index in [-0.39, 0.29) is 29.9 Å². The van der Waals surface area contributed by atoms with Crippen molar-refractivity contribution in [3.63, 3.8) is 0 Å². The number of halogens is 3. The van der Waals surface area contributed by atoms with Gasteiger partial charge in [0.2, 0.25) is 5.82 Å². The first-order valence-electron chi connectivity index (χ1n) is 9.97. The molecular weight excluding hydrogens is 461 g/mol. The van der Waals surface area contributed by atoms with E-state index in [0.717, 1.165) is 4.88 Å². The first-order chi connectivity index (χ1) is 15.7. The fourth-order valence-electron chi connectivity index (χ4n) is 3.32. The molecule has 3 heterocycles. The number of carbonyl (C=O) groups excluding carboxylic acids is 2. The second-order valence-electron chi connectivity index (χ2n) is 7.35. The van der Waals surface area contributed by atoms with E-state index >= 15 is 0 Å². The standard InChI is InChI=1S/C21H19F3N4O4S/c1-12-2-7-16(33-12)19(30)28-8-9-31-11-15(28)10-25-18(29)14-5-3-13(4-6-14)17-26-20(32-27-17)21(22,23)24/h2-7,15H,8-11H2,1H3,(H,25,29). The Balaban J connectivity index is 1.38. The van der Waals surface area contributed by atoms with Crippen molar-refractivity contribution >= 4 is 23.2 Å². The third kappa shape index (κ3) is 5.22. The van der Waals surface area contributed by atoms with Crippen LogP contribution < -0.4 is 5.32 Å². The molecule has 2 aromatic heterocycles. The highest BCUT2D eigenvalue weighted by molar-refractivity contribution is 7.13.